The lowest BCUT2D eigenvalue weighted by Crippen LogP contribution is -2.08. The maximum atomic E-state index is 10.9. The van der Waals surface area contributed by atoms with E-state index in [9.17, 15) is 9.59 Å². The largest absolute Gasteiger partial charge is 0.300 e. The van der Waals surface area contributed by atoms with E-state index in [1.807, 2.05) is 0 Å². The van der Waals surface area contributed by atoms with E-state index in [1.165, 1.54) is 116 Å². The van der Waals surface area contributed by atoms with Gasteiger partial charge < -0.3 is 9.59 Å². The Balaban J connectivity index is -0.00000480. The van der Waals surface area contributed by atoms with Crippen LogP contribution >= 0.6 is 0 Å². The summed E-state index contributed by atoms with van der Waals surface area (Å²) < 4.78 is 0. The minimum atomic E-state index is 0. The number of carbonyl (C=O) groups is 2. The topological polar surface area (TPSA) is 34.1 Å². The summed E-state index contributed by atoms with van der Waals surface area (Å²) in [7, 11) is 0. The van der Waals surface area contributed by atoms with E-state index < -0.39 is 0 Å². The van der Waals surface area contributed by atoms with Crippen LogP contribution < -0.4 is 0 Å². The van der Waals surface area contributed by atoms with Crippen LogP contribution in [0.5, 0.6) is 0 Å². The third-order valence-electron chi connectivity index (χ3n) is 7.35. The summed E-state index contributed by atoms with van der Waals surface area (Å²) in [5.41, 5.74) is 0. The van der Waals surface area contributed by atoms with Gasteiger partial charge in [0.1, 0.15) is 11.6 Å². The summed E-state index contributed by atoms with van der Waals surface area (Å²) in [5, 5.41) is 0. The van der Waals surface area contributed by atoms with E-state index >= 15 is 0 Å². The molecule has 0 aliphatic rings. The van der Waals surface area contributed by atoms with E-state index in [-0.39, 0.29) is 14.9 Å². The minimum Gasteiger partial charge on any atom is -0.300 e. The Morgan fingerprint density at radius 2 is 0.618 bits per heavy atom. The number of unbranched alkanes of at least 4 members (excludes halogenated alkanes) is 16. The second-order valence-electron chi connectivity index (χ2n) is 10.8. The maximum Gasteiger partial charge on any atom is 0.129 e. The second kappa shape index (κ2) is 28.6. The van der Waals surface area contributed by atoms with E-state index in [2.05, 4.69) is 13.8 Å². The fourth-order valence-corrected chi connectivity index (χ4v) is 4.72. The standard InChI is InChI=1S/C30H58O2.2CH4/c1-27(23-19-15-11-7-5-9-13-17-21-25-29(3)31)28(2)24-20-16-12-8-6-10-14-18-22-26-30(4)32;;/h27-28H,5-26H2,1-4H3;2*1H4. The first-order chi connectivity index (χ1) is 15.4. The Labute approximate surface area is 216 Å². The van der Waals surface area contributed by atoms with Crippen LogP contribution in [0.3, 0.4) is 0 Å². The fraction of sp³-hybridized carbons (Fsp3) is 0.938. The molecule has 0 aliphatic carbocycles. The number of ketones is 2. The predicted octanol–water partition coefficient (Wildman–Crippen LogP) is 11.3. The lowest BCUT2D eigenvalue weighted by Gasteiger charge is -2.19. The lowest BCUT2D eigenvalue weighted by atomic mass is 9.86. The van der Waals surface area contributed by atoms with Crippen molar-refractivity contribution in [3.8, 4) is 0 Å². The van der Waals surface area contributed by atoms with Crippen molar-refractivity contribution < 1.29 is 9.59 Å². The summed E-state index contributed by atoms with van der Waals surface area (Å²) in [4.78, 5) is 21.8. The molecule has 0 aromatic carbocycles. The summed E-state index contributed by atoms with van der Waals surface area (Å²) in [6.07, 6.45) is 28.4. The summed E-state index contributed by atoms with van der Waals surface area (Å²) in [6, 6.07) is 0. The average Bonchev–Trinajstić information content (AvgIpc) is 2.74. The second-order valence-corrected chi connectivity index (χ2v) is 10.8. The molecule has 0 saturated heterocycles. The monoisotopic (exact) mass is 483 g/mol. The SMILES string of the molecule is C.C.CC(=O)CCCCCCCCCCCC(C)C(C)CCCCCCCCCCCC(C)=O. The molecule has 0 aliphatic heterocycles. The third kappa shape index (κ3) is 29.4. The van der Waals surface area contributed by atoms with Gasteiger partial charge in [0.25, 0.3) is 0 Å². The molecular formula is C32H66O2. The molecule has 0 aromatic rings. The van der Waals surface area contributed by atoms with E-state index in [1.54, 1.807) is 13.8 Å². The fourth-order valence-electron chi connectivity index (χ4n) is 4.72. The smallest absolute Gasteiger partial charge is 0.129 e. The molecule has 0 heterocycles. The Hall–Kier alpha value is -0.660. The van der Waals surface area contributed by atoms with E-state index in [0.717, 1.165) is 37.5 Å². The number of carbonyl (C=O) groups excluding carboxylic acids is 2. The van der Waals surface area contributed by atoms with Gasteiger partial charge in [0, 0.05) is 12.8 Å². The van der Waals surface area contributed by atoms with E-state index in [4.69, 9.17) is 0 Å². The Morgan fingerprint density at radius 1 is 0.412 bits per heavy atom. The molecule has 206 valence electrons. The van der Waals surface area contributed by atoms with Gasteiger partial charge in [-0.2, -0.15) is 0 Å². The Bertz CT molecular complexity index is 389. The summed E-state index contributed by atoms with van der Waals surface area (Å²) in [6.45, 7) is 8.34. The van der Waals surface area contributed by atoms with Gasteiger partial charge in [0.2, 0.25) is 0 Å². The zero-order valence-corrected chi connectivity index (χ0v) is 22.5. The molecule has 2 unspecified atom stereocenters. The first kappa shape index (κ1) is 37.9. The number of Topliss-reactive ketones (excluding diaryl/α,β-unsaturated/α-hetero) is 2. The van der Waals surface area contributed by atoms with Crippen molar-refractivity contribution in [2.24, 2.45) is 11.8 Å². The molecular weight excluding hydrogens is 416 g/mol. The lowest BCUT2D eigenvalue weighted by molar-refractivity contribution is -0.117. The molecule has 0 rings (SSSR count). The normalized spacial score (nSPS) is 12.5. The average molecular weight is 483 g/mol. The maximum absolute atomic E-state index is 10.9. The molecule has 2 nitrogen and oxygen atoms in total. The van der Waals surface area contributed by atoms with Crippen molar-refractivity contribution in [3.05, 3.63) is 0 Å². The Kier molecular flexibility index (Phi) is 31.8. The zero-order valence-electron chi connectivity index (χ0n) is 22.5. The number of hydrogen-bond acceptors (Lipinski definition) is 2. The van der Waals surface area contributed by atoms with Crippen LogP contribution in [0, 0.1) is 11.8 Å². The minimum absolute atomic E-state index is 0. The highest BCUT2D eigenvalue weighted by Crippen LogP contribution is 2.24. The summed E-state index contributed by atoms with van der Waals surface area (Å²) >= 11 is 0. The van der Waals surface area contributed by atoms with Gasteiger partial charge in [-0.05, 0) is 38.5 Å². The Morgan fingerprint density at radius 3 is 0.853 bits per heavy atom. The predicted molar refractivity (Wildman–Crippen MR) is 155 cm³/mol. The van der Waals surface area contributed by atoms with Crippen LogP contribution in [0.25, 0.3) is 0 Å². The van der Waals surface area contributed by atoms with Crippen LogP contribution in [-0.4, -0.2) is 11.6 Å². The van der Waals surface area contributed by atoms with Crippen molar-refractivity contribution in [2.45, 2.75) is 184 Å². The van der Waals surface area contributed by atoms with Crippen molar-refractivity contribution in [1.82, 2.24) is 0 Å². The molecule has 0 radical (unpaired) electrons. The van der Waals surface area contributed by atoms with E-state index in [0.29, 0.717) is 11.6 Å². The van der Waals surface area contributed by atoms with Crippen LogP contribution in [0.1, 0.15) is 184 Å². The van der Waals surface area contributed by atoms with Gasteiger partial charge in [-0.1, -0.05) is 144 Å². The van der Waals surface area contributed by atoms with Crippen molar-refractivity contribution in [1.29, 1.82) is 0 Å². The van der Waals surface area contributed by atoms with Crippen LogP contribution in [0.2, 0.25) is 0 Å². The molecule has 34 heavy (non-hydrogen) atoms. The molecule has 0 fully saturated rings. The third-order valence-corrected chi connectivity index (χ3v) is 7.35. The van der Waals surface area contributed by atoms with Gasteiger partial charge in [-0.3, -0.25) is 0 Å². The van der Waals surface area contributed by atoms with Crippen LogP contribution in [0.4, 0.5) is 0 Å². The molecule has 0 bridgehead atoms. The van der Waals surface area contributed by atoms with Gasteiger partial charge in [-0.25, -0.2) is 0 Å². The highest BCUT2D eigenvalue weighted by Gasteiger charge is 2.11. The van der Waals surface area contributed by atoms with Crippen molar-refractivity contribution >= 4 is 11.6 Å². The quantitative estimate of drug-likeness (QED) is 0.121. The first-order valence-corrected chi connectivity index (χ1v) is 14.4. The number of hydrogen-bond donors (Lipinski definition) is 0. The summed E-state index contributed by atoms with van der Waals surface area (Å²) in [5.74, 6) is 2.45. The first-order valence-electron chi connectivity index (χ1n) is 14.4. The van der Waals surface area contributed by atoms with Crippen LogP contribution in [-0.2, 0) is 9.59 Å². The molecule has 2 heteroatoms. The van der Waals surface area contributed by atoms with Crippen molar-refractivity contribution in [3.63, 3.8) is 0 Å². The molecule has 0 amide bonds. The molecule has 0 aromatic heterocycles. The van der Waals surface area contributed by atoms with Crippen molar-refractivity contribution in [2.75, 3.05) is 0 Å². The van der Waals surface area contributed by atoms with Crippen LogP contribution in [0.15, 0.2) is 0 Å². The molecule has 0 spiro atoms. The highest BCUT2D eigenvalue weighted by molar-refractivity contribution is 5.75. The highest BCUT2D eigenvalue weighted by atomic mass is 16.1. The van der Waals surface area contributed by atoms with Gasteiger partial charge >= 0.3 is 0 Å². The van der Waals surface area contributed by atoms with Gasteiger partial charge in [-0.15, -0.1) is 0 Å². The molecule has 2 atom stereocenters. The molecule has 0 saturated carbocycles. The van der Waals surface area contributed by atoms with Gasteiger partial charge in [0.05, 0.1) is 0 Å². The molecule has 0 N–H and O–H groups in total. The zero-order chi connectivity index (χ0) is 23.9. The van der Waals surface area contributed by atoms with Gasteiger partial charge in [0.15, 0.2) is 0 Å². The number of rotatable bonds is 25.